The number of fused-ring (bicyclic) bond motifs is 1. The summed E-state index contributed by atoms with van der Waals surface area (Å²) in [6.45, 7) is 1.01. The predicted molar refractivity (Wildman–Crippen MR) is 145 cm³/mol. The van der Waals surface area contributed by atoms with Gasteiger partial charge in [0.05, 0.1) is 18.0 Å². The average Bonchev–Trinajstić information content (AvgIpc) is 3.04. The van der Waals surface area contributed by atoms with Gasteiger partial charge in [-0.25, -0.2) is 4.79 Å². The van der Waals surface area contributed by atoms with E-state index >= 15 is 0 Å². The van der Waals surface area contributed by atoms with Crippen molar-refractivity contribution in [3.63, 3.8) is 0 Å². The number of likely N-dealkylation sites (N-methyl/N-ethyl adjacent to an activating group) is 1. The fourth-order valence-electron chi connectivity index (χ4n) is 4.04. The largest absolute Gasteiger partial charge is 0.497 e. The second-order valence-electron chi connectivity index (χ2n) is 8.95. The van der Waals surface area contributed by atoms with E-state index in [0.29, 0.717) is 13.1 Å². The molecule has 1 heterocycles. The summed E-state index contributed by atoms with van der Waals surface area (Å²) in [5.41, 5.74) is 2.64. The fourth-order valence-corrected chi connectivity index (χ4v) is 5.38. The maximum atomic E-state index is 14.0. The van der Waals surface area contributed by atoms with Gasteiger partial charge in [-0.15, -0.1) is 11.8 Å². The minimum absolute atomic E-state index is 0.151. The van der Waals surface area contributed by atoms with E-state index in [2.05, 4.69) is 0 Å². The summed E-state index contributed by atoms with van der Waals surface area (Å²) in [6.07, 6.45) is -0.891. The Kier molecular flexibility index (Phi) is 9.22. The molecule has 3 aromatic rings. The Morgan fingerprint density at radius 3 is 2.38 bits per heavy atom. The van der Waals surface area contributed by atoms with E-state index in [0.717, 1.165) is 27.5 Å². The topological polar surface area (TPSA) is 68.3 Å². The lowest BCUT2D eigenvalue weighted by molar-refractivity contribution is -0.154. The van der Waals surface area contributed by atoms with Gasteiger partial charge in [0.25, 0.3) is 5.91 Å². The lowest BCUT2D eigenvalue weighted by atomic mass is 10.1. The number of nitrogens with zero attached hydrogens (tertiary/aromatic N) is 2. The van der Waals surface area contributed by atoms with E-state index < -0.39 is 12.1 Å². The Hall–Kier alpha value is -3.33. The van der Waals surface area contributed by atoms with Crippen molar-refractivity contribution in [1.29, 1.82) is 0 Å². The number of hydrogen-bond donors (Lipinski definition) is 0. The number of ether oxygens (including phenoxy) is 3. The molecule has 1 aliphatic rings. The zero-order valence-corrected chi connectivity index (χ0v) is 22.1. The van der Waals surface area contributed by atoms with Crippen LogP contribution in [0.3, 0.4) is 0 Å². The van der Waals surface area contributed by atoms with Crippen molar-refractivity contribution in [2.24, 2.45) is 0 Å². The number of hydrogen-bond acceptors (Lipinski definition) is 7. The number of esters is 1. The van der Waals surface area contributed by atoms with Crippen LogP contribution in [0, 0.1) is 0 Å². The van der Waals surface area contributed by atoms with Crippen LogP contribution in [0.25, 0.3) is 0 Å². The second-order valence-corrected chi connectivity index (χ2v) is 10.1. The Morgan fingerprint density at radius 2 is 1.68 bits per heavy atom. The molecular formula is C29H32N2O5S. The van der Waals surface area contributed by atoms with Gasteiger partial charge < -0.3 is 24.0 Å². The van der Waals surface area contributed by atoms with Crippen LogP contribution in [0.15, 0.2) is 83.8 Å². The molecule has 1 amide bonds. The van der Waals surface area contributed by atoms with Gasteiger partial charge in [-0.05, 0) is 49.5 Å². The molecule has 7 nitrogen and oxygen atoms in total. The highest BCUT2D eigenvalue weighted by Crippen LogP contribution is 2.46. The summed E-state index contributed by atoms with van der Waals surface area (Å²) in [5, 5.41) is -0.370. The molecule has 0 saturated carbocycles. The number of thioether (sulfide) groups is 1. The molecule has 0 aromatic heterocycles. The van der Waals surface area contributed by atoms with E-state index in [-0.39, 0.29) is 24.4 Å². The number of rotatable bonds is 10. The van der Waals surface area contributed by atoms with E-state index in [4.69, 9.17) is 14.2 Å². The summed E-state index contributed by atoms with van der Waals surface area (Å²) < 4.78 is 16.8. The number of anilines is 1. The third kappa shape index (κ3) is 6.91. The zero-order valence-electron chi connectivity index (χ0n) is 21.3. The number of amides is 1. The SMILES string of the molecule is COc1ccc([C@@H]2Sc3ccccc3N(CCN(C)C)C(=O)[C@@H]2OCC(=O)OCc2ccccc2)cc1. The Morgan fingerprint density at radius 1 is 0.973 bits per heavy atom. The molecule has 1 aliphatic heterocycles. The molecule has 0 aliphatic carbocycles. The first-order chi connectivity index (χ1) is 18.0. The standard InChI is InChI=1S/C29H32N2O5S/c1-30(2)17-18-31-24-11-7-8-12-25(24)37-28(22-13-15-23(34-3)16-14-22)27(29(31)33)36-20-26(32)35-19-21-9-5-4-6-10-21/h4-16,27-28H,17-20H2,1-3H3/t27-,28+/m1/s1. The molecule has 0 fully saturated rings. The van der Waals surface area contributed by atoms with Gasteiger partial charge in [-0.2, -0.15) is 0 Å². The molecule has 0 bridgehead atoms. The van der Waals surface area contributed by atoms with Crippen molar-refractivity contribution < 1.29 is 23.8 Å². The summed E-state index contributed by atoms with van der Waals surface area (Å²) >= 11 is 1.56. The van der Waals surface area contributed by atoms with Crippen molar-refractivity contribution >= 4 is 29.3 Å². The maximum Gasteiger partial charge on any atom is 0.332 e. The monoisotopic (exact) mass is 520 g/mol. The third-order valence-corrected chi connectivity index (χ3v) is 7.41. The number of carbonyl (C=O) groups excluding carboxylic acids is 2. The first-order valence-corrected chi connectivity index (χ1v) is 13.0. The molecule has 3 aromatic carbocycles. The summed E-state index contributed by atoms with van der Waals surface area (Å²) in [4.78, 5) is 31.4. The smallest absolute Gasteiger partial charge is 0.332 e. The van der Waals surface area contributed by atoms with Gasteiger partial charge in [0, 0.05) is 18.0 Å². The van der Waals surface area contributed by atoms with Crippen molar-refractivity contribution in [3.05, 3.63) is 90.0 Å². The van der Waals surface area contributed by atoms with Crippen LogP contribution in [0.4, 0.5) is 5.69 Å². The predicted octanol–water partition coefficient (Wildman–Crippen LogP) is 4.57. The van der Waals surface area contributed by atoms with Crippen molar-refractivity contribution in [2.75, 3.05) is 45.8 Å². The maximum absolute atomic E-state index is 14.0. The lowest BCUT2D eigenvalue weighted by Gasteiger charge is -2.28. The van der Waals surface area contributed by atoms with Crippen LogP contribution in [0.1, 0.15) is 16.4 Å². The molecule has 0 saturated heterocycles. The van der Waals surface area contributed by atoms with Gasteiger partial charge in [0.15, 0.2) is 6.10 Å². The minimum atomic E-state index is -0.891. The summed E-state index contributed by atoms with van der Waals surface area (Å²) in [5.74, 6) is 0.0244. The first kappa shape index (κ1) is 26.7. The highest BCUT2D eigenvalue weighted by molar-refractivity contribution is 7.99. The third-order valence-electron chi connectivity index (χ3n) is 6.03. The molecule has 194 valence electrons. The fraction of sp³-hybridized carbons (Fsp3) is 0.310. The molecule has 0 radical (unpaired) electrons. The molecule has 8 heteroatoms. The Labute approximate surface area is 222 Å². The zero-order chi connectivity index (χ0) is 26.2. The highest BCUT2D eigenvalue weighted by Gasteiger charge is 2.39. The number of carbonyl (C=O) groups is 2. The van der Waals surface area contributed by atoms with Crippen molar-refractivity contribution in [3.8, 4) is 5.75 Å². The first-order valence-electron chi connectivity index (χ1n) is 12.1. The highest BCUT2D eigenvalue weighted by atomic mass is 32.2. The van der Waals surface area contributed by atoms with E-state index in [1.54, 1.807) is 23.8 Å². The molecule has 0 unspecified atom stereocenters. The second kappa shape index (κ2) is 12.8. The number of benzene rings is 3. The van der Waals surface area contributed by atoms with Crippen molar-refractivity contribution in [1.82, 2.24) is 4.90 Å². The number of para-hydroxylation sites is 1. The van der Waals surface area contributed by atoms with Gasteiger partial charge in [0.2, 0.25) is 0 Å². The van der Waals surface area contributed by atoms with Crippen LogP contribution in [0.2, 0.25) is 0 Å². The number of methoxy groups -OCH3 is 1. The van der Waals surface area contributed by atoms with Gasteiger partial charge in [-0.3, -0.25) is 4.79 Å². The van der Waals surface area contributed by atoms with E-state index in [1.807, 2.05) is 97.9 Å². The van der Waals surface area contributed by atoms with E-state index in [9.17, 15) is 9.59 Å². The summed E-state index contributed by atoms with van der Waals surface area (Å²) in [6, 6.07) is 24.9. The molecule has 2 atom stereocenters. The van der Waals surface area contributed by atoms with Gasteiger partial charge >= 0.3 is 5.97 Å². The average molecular weight is 521 g/mol. The molecule has 4 rings (SSSR count). The van der Waals surface area contributed by atoms with E-state index in [1.165, 1.54) is 0 Å². The molecular weight excluding hydrogens is 488 g/mol. The van der Waals surface area contributed by atoms with Crippen LogP contribution in [0.5, 0.6) is 5.75 Å². The quantitative estimate of drug-likeness (QED) is 0.363. The normalized spacial score (nSPS) is 17.3. The van der Waals surface area contributed by atoms with Gasteiger partial charge in [-0.1, -0.05) is 54.6 Å². The Bertz CT molecular complexity index is 1190. The van der Waals surface area contributed by atoms with Crippen LogP contribution in [-0.4, -0.2) is 63.8 Å². The lowest BCUT2D eigenvalue weighted by Crippen LogP contribution is -2.45. The summed E-state index contributed by atoms with van der Waals surface area (Å²) in [7, 11) is 5.56. The minimum Gasteiger partial charge on any atom is -0.497 e. The van der Waals surface area contributed by atoms with Crippen LogP contribution in [-0.2, 0) is 25.7 Å². The van der Waals surface area contributed by atoms with Crippen LogP contribution >= 0.6 is 11.8 Å². The van der Waals surface area contributed by atoms with Gasteiger partial charge in [0.1, 0.15) is 19.0 Å². The molecule has 37 heavy (non-hydrogen) atoms. The molecule has 0 N–H and O–H groups in total. The Balaban J connectivity index is 1.60. The van der Waals surface area contributed by atoms with Crippen molar-refractivity contribution in [2.45, 2.75) is 22.9 Å². The van der Waals surface area contributed by atoms with Crippen LogP contribution < -0.4 is 9.64 Å². The molecule has 0 spiro atoms.